The normalized spacial score (nSPS) is 11.3. The quantitative estimate of drug-likeness (QED) is 0.140. The van der Waals surface area contributed by atoms with E-state index in [1.807, 2.05) is 12.1 Å². The Kier molecular flexibility index (Phi) is 8.42. The van der Waals surface area contributed by atoms with E-state index in [9.17, 15) is 14.4 Å². The Morgan fingerprint density at radius 1 is 0.875 bits per heavy atom. The van der Waals surface area contributed by atoms with Gasteiger partial charge in [0.2, 0.25) is 0 Å². The number of hydrogen-bond acceptors (Lipinski definition) is 11. The van der Waals surface area contributed by atoms with Crippen LogP contribution in [0, 0.1) is 0 Å². The van der Waals surface area contributed by atoms with Gasteiger partial charge >= 0.3 is 12.1 Å². The molecule has 0 spiro atoms. The van der Waals surface area contributed by atoms with E-state index in [1.54, 1.807) is 87.8 Å². The van der Waals surface area contributed by atoms with Gasteiger partial charge in [-0.2, -0.15) is 9.78 Å². The Labute approximate surface area is 274 Å². The molecule has 0 bridgehead atoms. The number of ether oxygens (including phenoxy) is 3. The summed E-state index contributed by atoms with van der Waals surface area (Å²) >= 11 is 0. The molecule has 3 aromatic heterocycles. The van der Waals surface area contributed by atoms with Gasteiger partial charge in [0.05, 0.1) is 29.9 Å². The highest BCUT2D eigenvalue weighted by Gasteiger charge is 2.21. The lowest BCUT2D eigenvalue weighted by Crippen LogP contribution is -2.27. The topological polar surface area (TPSA) is 159 Å². The van der Waals surface area contributed by atoms with Crippen LogP contribution in [-0.2, 0) is 9.53 Å². The van der Waals surface area contributed by atoms with E-state index in [2.05, 4.69) is 20.7 Å². The molecule has 3 heterocycles. The van der Waals surface area contributed by atoms with Gasteiger partial charge in [-0.1, -0.05) is 12.1 Å². The smallest absolute Gasteiger partial charge is 0.435 e. The second-order valence-electron chi connectivity index (χ2n) is 11.7. The first-order valence-corrected chi connectivity index (χ1v) is 14.9. The largest absolute Gasteiger partial charge is 0.493 e. The summed E-state index contributed by atoms with van der Waals surface area (Å²) in [5, 5.41) is 11.7. The number of methoxy groups -OCH3 is 1. The zero-order valence-electron chi connectivity index (χ0n) is 26.8. The maximum Gasteiger partial charge on any atom is 0.435 e. The molecule has 0 unspecified atom stereocenters. The predicted octanol–water partition coefficient (Wildman–Crippen LogP) is 6.75. The van der Waals surface area contributed by atoms with E-state index in [4.69, 9.17) is 24.2 Å². The number of rotatable bonds is 7. The van der Waals surface area contributed by atoms with Crippen molar-refractivity contribution in [2.75, 3.05) is 17.7 Å². The minimum Gasteiger partial charge on any atom is -0.493 e. The Hall–Kier alpha value is -6.37. The number of carbonyl (C=O) groups is 3. The van der Waals surface area contributed by atoms with Crippen LogP contribution in [0.25, 0.3) is 33.2 Å². The van der Waals surface area contributed by atoms with Crippen molar-refractivity contribution in [1.29, 1.82) is 0 Å². The second kappa shape index (κ2) is 12.8. The number of pyridine rings is 1. The lowest BCUT2D eigenvalue weighted by atomic mass is 10.1. The van der Waals surface area contributed by atoms with Crippen LogP contribution in [0.5, 0.6) is 11.5 Å². The van der Waals surface area contributed by atoms with Gasteiger partial charge in [-0.25, -0.2) is 14.8 Å². The highest BCUT2D eigenvalue weighted by atomic mass is 16.6. The van der Waals surface area contributed by atoms with E-state index >= 15 is 0 Å². The van der Waals surface area contributed by atoms with Crippen molar-refractivity contribution < 1.29 is 28.6 Å². The maximum atomic E-state index is 12.8. The van der Waals surface area contributed by atoms with E-state index in [1.165, 1.54) is 24.9 Å². The summed E-state index contributed by atoms with van der Waals surface area (Å²) in [7, 11) is 1.47. The molecule has 0 aliphatic rings. The highest BCUT2D eigenvalue weighted by Crippen LogP contribution is 2.37. The molecule has 242 valence electrons. The van der Waals surface area contributed by atoms with Crippen molar-refractivity contribution in [2.24, 2.45) is 0 Å². The monoisotopic (exact) mass is 645 g/mol. The molecule has 13 heteroatoms. The molecule has 6 rings (SSSR count). The molecule has 0 atom stereocenters. The molecule has 48 heavy (non-hydrogen) atoms. The number of amides is 1. The lowest BCUT2D eigenvalue weighted by molar-refractivity contribution is -0.132. The third-order valence-corrected chi connectivity index (χ3v) is 6.93. The number of nitrogens with one attached hydrogen (secondary N) is 2. The third kappa shape index (κ3) is 6.89. The summed E-state index contributed by atoms with van der Waals surface area (Å²) in [4.78, 5) is 51.1. The van der Waals surface area contributed by atoms with Gasteiger partial charge in [0.25, 0.3) is 5.91 Å². The van der Waals surface area contributed by atoms with Gasteiger partial charge in [-0.15, -0.1) is 0 Å². The summed E-state index contributed by atoms with van der Waals surface area (Å²) in [5.41, 5.74) is 2.60. The van der Waals surface area contributed by atoms with Crippen LogP contribution in [0.4, 0.5) is 22.0 Å². The molecule has 6 aromatic rings. The first kappa shape index (κ1) is 31.6. The SMILES string of the molecule is COc1cc2nc(-c3cccc(NC(=O)c4cccnc4)c3)nc(Nc3ccc4c(cnn4C(=O)OC(C)(C)C)c3)c2cc1OC(C)=O. The average molecular weight is 646 g/mol. The van der Waals surface area contributed by atoms with Crippen molar-refractivity contribution in [2.45, 2.75) is 33.3 Å². The Balaban J connectivity index is 1.41. The molecule has 0 saturated carbocycles. The van der Waals surface area contributed by atoms with Crippen LogP contribution in [0.15, 0.2) is 85.3 Å². The van der Waals surface area contributed by atoms with E-state index < -0.39 is 17.7 Å². The predicted molar refractivity (Wildman–Crippen MR) is 180 cm³/mol. The first-order valence-electron chi connectivity index (χ1n) is 14.9. The molecule has 0 aliphatic carbocycles. The number of benzene rings is 3. The number of hydrogen-bond donors (Lipinski definition) is 2. The van der Waals surface area contributed by atoms with Gasteiger partial charge in [0.1, 0.15) is 11.4 Å². The fourth-order valence-electron chi connectivity index (χ4n) is 4.89. The minimum absolute atomic E-state index is 0.200. The summed E-state index contributed by atoms with van der Waals surface area (Å²) in [6.07, 6.45) is 4.07. The molecule has 2 N–H and O–H groups in total. The summed E-state index contributed by atoms with van der Waals surface area (Å²) in [6.45, 7) is 6.66. The molecular weight excluding hydrogens is 614 g/mol. The first-order chi connectivity index (χ1) is 23.0. The maximum absolute atomic E-state index is 12.8. The molecule has 1 amide bonds. The summed E-state index contributed by atoms with van der Waals surface area (Å²) in [6, 6.07) is 19.1. The minimum atomic E-state index is -0.680. The van der Waals surface area contributed by atoms with E-state index in [0.717, 1.165) is 0 Å². The van der Waals surface area contributed by atoms with Crippen molar-refractivity contribution in [1.82, 2.24) is 24.7 Å². The fourth-order valence-corrected chi connectivity index (χ4v) is 4.89. The number of aromatic nitrogens is 5. The molecular formula is C35H31N7O6. The highest BCUT2D eigenvalue weighted by molar-refractivity contribution is 6.04. The molecule has 0 saturated heterocycles. The van der Waals surface area contributed by atoms with E-state index in [0.29, 0.717) is 61.7 Å². The third-order valence-electron chi connectivity index (χ3n) is 6.93. The molecule has 3 aromatic carbocycles. The lowest BCUT2D eigenvalue weighted by Gasteiger charge is -2.19. The van der Waals surface area contributed by atoms with Crippen LogP contribution in [0.1, 0.15) is 38.1 Å². The standard InChI is InChI=1S/C35H31N7O6/c1-20(43)47-30-16-26-27(17-29(30)46-5)40-31(21-8-6-10-24(14-21)39-33(44)22-9-7-13-36-18-22)41-32(26)38-25-11-12-28-23(15-25)19-37-42(28)34(45)48-35(2,3)4/h6-19H,1-5H3,(H,39,44)(H,38,40,41). The van der Waals surface area contributed by atoms with Gasteiger partial charge in [-0.05, 0) is 69.3 Å². The van der Waals surface area contributed by atoms with Crippen LogP contribution in [0.3, 0.4) is 0 Å². The van der Waals surface area contributed by atoms with Gasteiger partial charge < -0.3 is 24.8 Å². The Morgan fingerprint density at radius 3 is 2.44 bits per heavy atom. The van der Waals surface area contributed by atoms with Crippen LogP contribution in [0.2, 0.25) is 0 Å². The van der Waals surface area contributed by atoms with Crippen LogP contribution in [-0.4, -0.2) is 55.4 Å². The fraction of sp³-hybridized carbons (Fsp3) is 0.171. The van der Waals surface area contributed by atoms with Crippen molar-refractivity contribution in [3.05, 3.63) is 90.9 Å². The van der Waals surface area contributed by atoms with Crippen molar-refractivity contribution >= 4 is 57.0 Å². The van der Waals surface area contributed by atoms with Crippen molar-refractivity contribution in [3.63, 3.8) is 0 Å². The number of carbonyl (C=O) groups excluding carboxylic acids is 3. The summed E-state index contributed by atoms with van der Waals surface area (Å²) in [5.74, 6) is 0.429. The second-order valence-corrected chi connectivity index (χ2v) is 11.7. The van der Waals surface area contributed by atoms with Crippen LogP contribution >= 0.6 is 0 Å². The molecule has 0 radical (unpaired) electrons. The Morgan fingerprint density at radius 2 is 1.71 bits per heavy atom. The number of esters is 1. The van der Waals surface area contributed by atoms with Crippen molar-refractivity contribution in [3.8, 4) is 22.9 Å². The molecule has 13 nitrogen and oxygen atoms in total. The van der Waals surface area contributed by atoms with Gasteiger partial charge in [-0.3, -0.25) is 14.6 Å². The van der Waals surface area contributed by atoms with Gasteiger partial charge in [0.15, 0.2) is 17.3 Å². The zero-order valence-corrected chi connectivity index (χ0v) is 26.8. The number of nitrogens with zero attached hydrogens (tertiary/aromatic N) is 5. The molecule has 0 aliphatic heterocycles. The Bertz CT molecular complexity index is 2190. The number of anilines is 3. The van der Waals surface area contributed by atoms with E-state index in [-0.39, 0.29) is 11.7 Å². The average Bonchev–Trinajstić information content (AvgIpc) is 3.48. The summed E-state index contributed by atoms with van der Waals surface area (Å²) < 4.78 is 17.6. The van der Waals surface area contributed by atoms with Gasteiger partial charge in [0, 0.05) is 53.1 Å². The number of fused-ring (bicyclic) bond motifs is 2. The molecule has 0 fully saturated rings. The van der Waals surface area contributed by atoms with Crippen LogP contribution < -0.4 is 20.1 Å². The zero-order chi connectivity index (χ0) is 34.0.